The number of hydrogen-bond acceptors (Lipinski definition) is 3. The highest BCUT2D eigenvalue weighted by molar-refractivity contribution is 5.29. The van der Waals surface area contributed by atoms with E-state index in [1.54, 1.807) is 25.3 Å². The third-order valence-corrected chi connectivity index (χ3v) is 2.55. The molecule has 0 aromatic heterocycles. The van der Waals surface area contributed by atoms with Crippen molar-refractivity contribution in [2.24, 2.45) is 5.84 Å². The Kier molecular flexibility index (Phi) is 3.57. The molecule has 0 saturated heterocycles. The third-order valence-electron chi connectivity index (χ3n) is 2.55. The first-order valence-corrected chi connectivity index (χ1v) is 4.56. The van der Waals surface area contributed by atoms with Gasteiger partial charge in [0.1, 0.15) is 11.4 Å². The quantitative estimate of drug-likeness (QED) is 0.443. The Balaban J connectivity index is 3.20. The summed E-state index contributed by atoms with van der Waals surface area (Å²) in [4.78, 5) is 0. The van der Waals surface area contributed by atoms with E-state index < -0.39 is 5.54 Å². The van der Waals surface area contributed by atoms with Crippen LogP contribution in [0.15, 0.2) is 36.9 Å². The van der Waals surface area contributed by atoms with Crippen molar-refractivity contribution in [1.82, 2.24) is 5.01 Å². The Morgan fingerprint density at radius 1 is 1.53 bits per heavy atom. The van der Waals surface area contributed by atoms with E-state index >= 15 is 0 Å². The van der Waals surface area contributed by atoms with Crippen molar-refractivity contribution in [2.45, 2.75) is 5.54 Å². The van der Waals surface area contributed by atoms with E-state index in [4.69, 9.17) is 5.84 Å². The Bertz CT molecular complexity index is 337. The summed E-state index contributed by atoms with van der Waals surface area (Å²) in [5.41, 5.74) is -0.167. The van der Waals surface area contributed by atoms with Crippen LogP contribution in [-0.2, 0) is 5.54 Å². The van der Waals surface area contributed by atoms with Gasteiger partial charge in [-0.3, -0.25) is 5.84 Å². The van der Waals surface area contributed by atoms with Crippen LogP contribution in [0.1, 0.15) is 5.56 Å². The summed E-state index contributed by atoms with van der Waals surface area (Å²) < 4.78 is 12.8. The minimum atomic E-state index is -0.867. The molecule has 1 aromatic rings. The Morgan fingerprint density at radius 2 is 2.07 bits per heavy atom. The largest absolute Gasteiger partial charge is 0.394 e. The fourth-order valence-corrected chi connectivity index (χ4v) is 1.47. The first-order valence-electron chi connectivity index (χ1n) is 4.56. The normalized spacial score (nSPS) is 15.0. The van der Waals surface area contributed by atoms with Crippen molar-refractivity contribution in [3.8, 4) is 0 Å². The molecule has 1 unspecified atom stereocenters. The van der Waals surface area contributed by atoms with Gasteiger partial charge in [-0.1, -0.05) is 18.2 Å². The van der Waals surface area contributed by atoms with Gasteiger partial charge < -0.3 is 5.11 Å². The molecule has 15 heavy (non-hydrogen) atoms. The molecule has 1 rings (SSSR count). The van der Waals surface area contributed by atoms with Gasteiger partial charge in [0.15, 0.2) is 0 Å². The fraction of sp³-hybridized carbons (Fsp3) is 0.273. The summed E-state index contributed by atoms with van der Waals surface area (Å²) in [7, 11) is 1.63. The molecule has 0 aliphatic rings. The number of benzene rings is 1. The van der Waals surface area contributed by atoms with Gasteiger partial charge >= 0.3 is 0 Å². The molecule has 82 valence electrons. The highest BCUT2D eigenvalue weighted by Crippen LogP contribution is 2.26. The lowest BCUT2D eigenvalue weighted by Gasteiger charge is -2.35. The molecule has 0 aliphatic carbocycles. The summed E-state index contributed by atoms with van der Waals surface area (Å²) in [6.07, 6.45) is 1.54. The third kappa shape index (κ3) is 2.07. The Hall–Kier alpha value is -1.23. The van der Waals surface area contributed by atoms with Crippen LogP contribution in [0.2, 0.25) is 0 Å². The van der Waals surface area contributed by atoms with Gasteiger partial charge in [-0.05, 0) is 17.7 Å². The average molecular weight is 210 g/mol. The molecule has 0 bridgehead atoms. The van der Waals surface area contributed by atoms with E-state index in [-0.39, 0.29) is 12.4 Å². The van der Waals surface area contributed by atoms with Crippen LogP contribution in [0.25, 0.3) is 0 Å². The highest BCUT2D eigenvalue weighted by Gasteiger charge is 2.31. The van der Waals surface area contributed by atoms with Crippen LogP contribution < -0.4 is 5.84 Å². The standard InChI is InChI=1S/C11H15FN2O/c1-3-11(8-15,14(2)13)9-4-6-10(12)7-5-9/h3-7,15H,1,8,13H2,2H3. The molecule has 0 saturated carbocycles. The molecule has 0 aliphatic heterocycles. The number of aliphatic hydroxyl groups excluding tert-OH is 1. The number of nitrogens with two attached hydrogens (primary N) is 1. The van der Waals surface area contributed by atoms with Crippen molar-refractivity contribution in [2.75, 3.05) is 13.7 Å². The number of rotatable bonds is 4. The minimum Gasteiger partial charge on any atom is -0.394 e. The predicted molar refractivity (Wildman–Crippen MR) is 57.3 cm³/mol. The molecule has 1 aromatic carbocycles. The maximum Gasteiger partial charge on any atom is 0.123 e. The number of nitrogens with zero attached hydrogens (tertiary/aromatic N) is 1. The smallest absolute Gasteiger partial charge is 0.123 e. The van der Waals surface area contributed by atoms with Crippen LogP contribution >= 0.6 is 0 Å². The summed E-state index contributed by atoms with van der Waals surface area (Å²) in [5.74, 6) is 5.35. The van der Waals surface area contributed by atoms with Crippen LogP contribution in [0, 0.1) is 5.82 Å². The second-order valence-electron chi connectivity index (χ2n) is 3.40. The first-order chi connectivity index (χ1) is 7.06. The monoisotopic (exact) mass is 210 g/mol. The topological polar surface area (TPSA) is 49.5 Å². The lowest BCUT2D eigenvalue weighted by Crippen LogP contribution is -2.49. The number of halogens is 1. The van der Waals surface area contributed by atoms with Gasteiger partial charge in [-0.2, -0.15) is 0 Å². The zero-order valence-electron chi connectivity index (χ0n) is 8.65. The van der Waals surface area contributed by atoms with Crippen LogP contribution in [0.4, 0.5) is 4.39 Å². The lowest BCUT2D eigenvalue weighted by molar-refractivity contribution is 0.0867. The van der Waals surface area contributed by atoms with Gasteiger partial charge in [0.05, 0.1) is 6.61 Å². The van der Waals surface area contributed by atoms with Crippen LogP contribution in [0.5, 0.6) is 0 Å². The molecule has 0 fully saturated rings. The molecule has 4 heteroatoms. The van der Waals surface area contributed by atoms with Gasteiger partial charge in [-0.15, -0.1) is 6.58 Å². The van der Waals surface area contributed by atoms with Crippen molar-refractivity contribution < 1.29 is 9.50 Å². The van der Waals surface area contributed by atoms with E-state index in [9.17, 15) is 9.50 Å². The first kappa shape index (κ1) is 11.8. The molecule has 0 radical (unpaired) electrons. The summed E-state index contributed by atoms with van der Waals surface area (Å²) in [6.45, 7) is 3.44. The highest BCUT2D eigenvalue weighted by atomic mass is 19.1. The van der Waals surface area contributed by atoms with Gasteiger partial charge in [0.2, 0.25) is 0 Å². The molecule has 1 atom stereocenters. The number of likely N-dealkylation sites (N-methyl/N-ethyl adjacent to an activating group) is 1. The van der Waals surface area contributed by atoms with E-state index in [0.717, 1.165) is 0 Å². The Morgan fingerprint density at radius 3 is 2.40 bits per heavy atom. The number of hydrogen-bond donors (Lipinski definition) is 2. The molecular weight excluding hydrogens is 195 g/mol. The van der Waals surface area contributed by atoms with Crippen molar-refractivity contribution >= 4 is 0 Å². The fourth-order valence-electron chi connectivity index (χ4n) is 1.47. The second-order valence-corrected chi connectivity index (χ2v) is 3.40. The minimum absolute atomic E-state index is 0.213. The average Bonchev–Trinajstić information content (AvgIpc) is 2.22. The lowest BCUT2D eigenvalue weighted by atomic mass is 9.90. The Labute approximate surface area is 88.6 Å². The maximum atomic E-state index is 12.8. The van der Waals surface area contributed by atoms with E-state index in [1.165, 1.54) is 17.1 Å². The number of aliphatic hydroxyl groups is 1. The van der Waals surface area contributed by atoms with Crippen molar-refractivity contribution in [3.63, 3.8) is 0 Å². The van der Waals surface area contributed by atoms with Crippen molar-refractivity contribution in [3.05, 3.63) is 48.3 Å². The van der Waals surface area contributed by atoms with E-state index in [2.05, 4.69) is 6.58 Å². The molecule has 0 spiro atoms. The molecule has 0 heterocycles. The zero-order valence-corrected chi connectivity index (χ0v) is 8.65. The van der Waals surface area contributed by atoms with Crippen molar-refractivity contribution in [1.29, 1.82) is 0 Å². The molecule has 0 amide bonds. The summed E-state index contributed by atoms with van der Waals surface area (Å²) in [6, 6.07) is 5.81. The molecular formula is C11H15FN2O. The molecule has 3 nitrogen and oxygen atoms in total. The predicted octanol–water partition coefficient (Wildman–Crippen LogP) is 1.00. The van der Waals surface area contributed by atoms with E-state index in [0.29, 0.717) is 5.56 Å². The summed E-state index contributed by atoms with van der Waals surface area (Å²) >= 11 is 0. The molecule has 3 N–H and O–H groups in total. The zero-order chi connectivity index (χ0) is 11.5. The van der Waals surface area contributed by atoms with Crippen LogP contribution in [0.3, 0.4) is 0 Å². The maximum absolute atomic E-state index is 12.8. The second kappa shape index (κ2) is 4.53. The summed E-state index contributed by atoms with van der Waals surface area (Å²) in [5, 5.41) is 10.7. The van der Waals surface area contributed by atoms with Gasteiger partial charge in [-0.25, -0.2) is 9.40 Å². The van der Waals surface area contributed by atoms with E-state index in [1.807, 2.05) is 0 Å². The van der Waals surface area contributed by atoms with Gasteiger partial charge in [0, 0.05) is 7.05 Å². The van der Waals surface area contributed by atoms with Gasteiger partial charge in [0.25, 0.3) is 0 Å². The SMILES string of the molecule is C=CC(CO)(c1ccc(F)cc1)N(C)N. The number of hydrazine groups is 1. The van der Waals surface area contributed by atoms with Crippen LogP contribution in [-0.4, -0.2) is 23.8 Å².